The van der Waals surface area contributed by atoms with Crippen LogP contribution in [0.2, 0.25) is 0 Å². The number of imidazole rings is 1. The molecule has 1 aromatic heterocycles. The van der Waals surface area contributed by atoms with Crippen molar-refractivity contribution in [3.05, 3.63) is 18.2 Å². The van der Waals surface area contributed by atoms with Crippen molar-refractivity contribution in [1.82, 2.24) is 9.55 Å². The van der Waals surface area contributed by atoms with Crippen LogP contribution in [0.3, 0.4) is 0 Å². The third kappa shape index (κ3) is 3.47. The number of aliphatic hydroxyl groups is 1. The fourth-order valence-electron chi connectivity index (χ4n) is 1.25. The Morgan fingerprint density at radius 2 is 2.36 bits per heavy atom. The van der Waals surface area contributed by atoms with E-state index < -0.39 is 0 Å². The van der Waals surface area contributed by atoms with Gasteiger partial charge in [-0.05, 0) is 20.3 Å². The largest absolute Gasteiger partial charge is 0.394 e. The second kappa shape index (κ2) is 5.78. The smallest absolute Gasteiger partial charge is 0.0951 e. The van der Waals surface area contributed by atoms with E-state index in [1.54, 1.807) is 0 Å². The lowest BCUT2D eigenvalue weighted by molar-refractivity contribution is 0.0848. The molecule has 4 nitrogen and oxygen atoms in total. The maximum atomic E-state index is 8.51. The molecule has 1 unspecified atom stereocenters. The SMILES string of the molecule is Cc1cn(C(C)CCOCCO)cn1. The fourth-order valence-corrected chi connectivity index (χ4v) is 1.25. The zero-order chi connectivity index (χ0) is 10.4. The predicted octanol–water partition coefficient (Wildman–Crippen LogP) is 1.15. The lowest BCUT2D eigenvalue weighted by Gasteiger charge is -2.12. The molecule has 0 bridgehead atoms. The summed E-state index contributed by atoms with van der Waals surface area (Å²) in [6.45, 7) is 5.31. The second-order valence-corrected chi connectivity index (χ2v) is 3.44. The van der Waals surface area contributed by atoms with Crippen LogP contribution >= 0.6 is 0 Å². The van der Waals surface area contributed by atoms with Crippen LogP contribution in [-0.4, -0.2) is 34.5 Å². The Kier molecular flexibility index (Phi) is 4.62. The molecular formula is C10H18N2O2. The van der Waals surface area contributed by atoms with Crippen LogP contribution in [0, 0.1) is 6.92 Å². The Balaban J connectivity index is 2.25. The predicted molar refractivity (Wildman–Crippen MR) is 54.2 cm³/mol. The topological polar surface area (TPSA) is 47.3 Å². The van der Waals surface area contributed by atoms with Crippen LogP contribution in [0.25, 0.3) is 0 Å². The van der Waals surface area contributed by atoms with Crippen LogP contribution in [0.4, 0.5) is 0 Å². The first-order valence-corrected chi connectivity index (χ1v) is 4.92. The molecule has 80 valence electrons. The van der Waals surface area contributed by atoms with Gasteiger partial charge < -0.3 is 14.4 Å². The molecule has 0 radical (unpaired) electrons. The molecule has 1 N–H and O–H groups in total. The van der Waals surface area contributed by atoms with E-state index in [-0.39, 0.29) is 6.61 Å². The van der Waals surface area contributed by atoms with E-state index in [2.05, 4.69) is 16.5 Å². The summed E-state index contributed by atoms with van der Waals surface area (Å²) in [6.07, 6.45) is 4.80. The van der Waals surface area contributed by atoms with Crippen molar-refractivity contribution in [3.8, 4) is 0 Å². The number of rotatable bonds is 6. The van der Waals surface area contributed by atoms with Crippen molar-refractivity contribution < 1.29 is 9.84 Å². The van der Waals surface area contributed by atoms with Gasteiger partial charge in [-0.15, -0.1) is 0 Å². The van der Waals surface area contributed by atoms with E-state index >= 15 is 0 Å². The number of hydrogen-bond donors (Lipinski definition) is 1. The minimum atomic E-state index is 0.0958. The van der Waals surface area contributed by atoms with Crippen molar-refractivity contribution in [2.45, 2.75) is 26.3 Å². The summed E-state index contributed by atoms with van der Waals surface area (Å²) in [5, 5.41) is 8.51. The Labute approximate surface area is 84.5 Å². The summed E-state index contributed by atoms with van der Waals surface area (Å²) in [5.41, 5.74) is 1.04. The standard InChI is InChI=1S/C10H18N2O2/c1-9-7-12(8-11-9)10(2)3-5-14-6-4-13/h7-8,10,13H,3-6H2,1-2H3. The summed E-state index contributed by atoms with van der Waals surface area (Å²) in [5.74, 6) is 0. The van der Waals surface area contributed by atoms with E-state index in [0.29, 0.717) is 19.3 Å². The van der Waals surface area contributed by atoms with Gasteiger partial charge in [-0.25, -0.2) is 4.98 Å². The molecule has 0 aliphatic carbocycles. The number of aliphatic hydroxyl groups excluding tert-OH is 1. The average Bonchev–Trinajstić information content (AvgIpc) is 2.59. The Morgan fingerprint density at radius 1 is 1.57 bits per heavy atom. The highest BCUT2D eigenvalue weighted by atomic mass is 16.5. The highest BCUT2D eigenvalue weighted by Crippen LogP contribution is 2.10. The van der Waals surface area contributed by atoms with Crippen molar-refractivity contribution >= 4 is 0 Å². The number of hydrogen-bond acceptors (Lipinski definition) is 3. The molecule has 0 saturated carbocycles. The van der Waals surface area contributed by atoms with Crippen molar-refractivity contribution in [2.75, 3.05) is 19.8 Å². The first-order valence-electron chi connectivity index (χ1n) is 4.92. The minimum Gasteiger partial charge on any atom is -0.394 e. The maximum Gasteiger partial charge on any atom is 0.0951 e. The zero-order valence-electron chi connectivity index (χ0n) is 8.81. The fraction of sp³-hybridized carbons (Fsp3) is 0.700. The molecule has 0 spiro atoms. The lowest BCUT2D eigenvalue weighted by Crippen LogP contribution is -2.08. The molecule has 0 fully saturated rings. The first kappa shape index (κ1) is 11.2. The number of ether oxygens (including phenoxy) is 1. The Bertz CT molecular complexity index is 260. The minimum absolute atomic E-state index is 0.0958. The monoisotopic (exact) mass is 198 g/mol. The molecule has 0 aliphatic rings. The molecule has 0 aromatic carbocycles. The third-order valence-electron chi connectivity index (χ3n) is 2.16. The molecule has 1 atom stereocenters. The molecule has 1 heterocycles. The van der Waals surface area contributed by atoms with Crippen molar-refractivity contribution in [1.29, 1.82) is 0 Å². The van der Waals surface area contributed by atoms with Gasteiger partial charge in [-0.2, -0.15) is 0 Å². The van der Waals surface area contributed by atoms with Crippen LogP contribution in [-0.2, 0) is 4.74 Å². The summed E-state index contributed by atoms with van der Waals surface area (Å²) in [4.78, 5) is 4.16. The van der Waals surface area contributed by atoms with Crippen molar-refractivity contribution in [3.63, 3.8) is 0 Å². The van der Waals surface area contributed by atoms with Gasteiger partial charge >= 0.3 is 0 Å². The van der Waals surface area contributed by atoms with Gasteiger partial charge in [0.25, 0.3) is 0 Å². The zero-order valence-corrected chi connectivity index (χ0v) is 8.81. The summed E-state index contributed by atoms with van der Waals surface area (Å²) in [6, 6.07) is 0.398. The van der Waals surface area contributed by atoms with Crippen molar-refractivity contribution in [2.24, 2.45) is 0 Å². The van der Waals surface area contributed by atoms with E-state index in [9.17, 15) is 0 Å². The van der Waals surface area contributed by atoms with Crippen LogP contribution in [0.5, 0.6) is 0 Å². The number of nitrogens with zero attached hydrogens (tertiary/aromatic N) is 2. The molecule has 0 aliphatic heterocycles. The van der Waals surface area contributed by atoms with Gasteiger partial charge in [0.15, 0.2) is 0 Å². The van der Waals surface area contributed by atoms with Gasteiger partial charge in [-0.1, -0.05) is 0 Å². The van der Waals surface area contributed by atoms with Crippen LogP contribution < -0.4 is 0 Å². The maximum absolute atomic E-state index is 8.51. The Hall–Kier alpha value is -0.870. The average molecular weight is 198 g/mol. The first-order chi connectivity index (χ1) is 6.74. The van der Waals surface area contributed by atoms with Gasteiger partial charge in [0.2, 0.25) is 0 Å². The van der Waals surface area contributed by atoms with Gasteiger partial charge in [0, 0.05) is 18.8 Å². The molecule has 4 heteroatoms. The quantitative estimate of drug-likeness (QED) is 0.697. The van der Waals surface area contributed by atoms with Crippen LogP contribution in [0.1, 0.15) is 25.1 Å². The molecule has 1 rings (SSSR count). The van der Waals surface area contributed by atoms with Gasteiger partial charge in [-0.3, -0.25) is 0 Å². The highest BCUT2D eigenvalue weighted by molar-refractivity contribution is 4.93. The van der Waals surface area contributed by atoms with Gasteiger partial charge in [0.05, 0.1) is 25.2 Å². The number of aromatic nitrogens is 2. The lowest BCUT2D eigenvalue weighted by atomic mass is 10.2. The van der Waals surface area contributed by atoms with E-state index in [4.69, 9.17) is 9.84 Å². The van der Waals surface area contributed by atoms with E-state index in [1.807, 2.05) is 19.4 Å². The molecule has 0 amide bonds. The highest BCUT2D eigenvalue weighted by Gasteiger charge is 2.04. The summed E-state index contributed by atoms with van der Waals surface area (Å²) < 4.78 is 7.28. The molecule has 14 heavy (non-hydrogen) atoms. The third-order valence-corrected chi connectivity index (χ3v) is 2.16. The van der Waals surface area contributed by atoms with Gasteiger partial charge in [0.1, 0.15) is 0 Å². The van der Waals surface area contributed by atoms with E-state index in [0.717, 1.165) is 12.1 Å². The molecule has 0 saturated heterocycles. The molecular weight excluding hydrogens is 180 g/mol. The normalized spacial score (nSPS) is 13.1. The van der Waals surface area contributed by atoms with Crippen LogP contribution in [0.15, 0.2) is 12.5 Å². The Morgan fingerprint density at radius 3 is 2.93 bits per heavy atom. The van der Waals surface area contributed by atoms with E-state index in [1.165, 1.54) is 0 Å². The second-order valence-electron chi connectivity index (χ2n) is 3.44. The summed E-state index contributed by atoms with van der Waals surface area (Å²) >= 11 is 0. The summed E-state index contributed by atoms with van der Waals surface area (Å²) in [7, 11) is 0. The molecule has 1 aromatic rings. The number of aryl methyl sites for hydroxylation is 1.